The standard InChI is InChI=1S/C10H5ClF3NO2/c11-8-5-7(17-10(12,13)14)3-1-6(8)2-4-9(15)16/h1,3,5H,(H2,15,16). The Kier molecular flexibility index (Phi) is 3.86. The Morgan fingerprint density at radius 2 is 2.06 bits per heavy atom. The fourth-order valence-corrected chi connectivity index (χ4v) is 1.14. The number of halogens is 4. The number of hydrogen-bond donors (Lipinski definition) is 1. The molecule has 17 heavy (non-hydrogen) atoms. The third-order valence-corrected chi connectivity index (χ3v) is 1.81. The Morgan fingerprint density at radius 3 is 2.53 bits per heavy atom. The first kappa shape index (κ1) is 13.2. The number of primary amides is 1. The highest BCUT2D eigenvalue weighted by atomic mass is 35.5. The number of benzene rings is 1. The van der Waals surface area contributed by atoms with Crippen molar-refractivity contribution in [3.8, 4) is 17.6 Å². The van der Waals surface area contributed by atoms with Crippen molar-refractivity contribution in [2.45, 2.75) is 6.36 Å². The third-order valence-electron chi connectivity index (χ3n) is 1.49. The summed E-state index contributed by atoms with van der Waals surface area (Å²) in [6, 6.07) is 3.17. The molecule has 1 aromatic carbocycles. The molecule has 0 fully saturated rings. The van der Waals surface area contributed by atoms with Crippen molar-refractivity contribution in [2.24, 2.45) is 5.73 Å². The third kappa shape index (κ3) is 4.66. The summed E-state index contributed by atoms with van der Waals surface area (Å²) in [4.78, 5) is 10.4. The molecule has 0 unspecified atom stereocenters. The van der Waals surface area contributed by atoms with Gasteiger partial charge in [0.1, 0.15) is 5.75 Å². The molecule has 0 aromatic heterocycles. The average molecular weight is 264 g/mol. The minimum atomic E-state index is -4.79. The summed E-state index contributed by atoms with van der Waals surface area (Å²) in [5.74, 6) is 2.99. The molecule has 1 amide bonds. The molecule has 0 saturated carbocycles. The van der Waals surface area contributed by atoms with Crippen molar-refractivity contribution >= 4 is 17.5 Å². The summed E-state index contributed by atoms with van der Waals surface area (Å²) in [5, 5.41) is -0.0690. The highest BCUT2D eigenvalue weighted by molar-refractivity contribution is 6.31. The summed E-state index contributed by atoms with van der Waals surface area (Å²) in [7, 11) is 0. The van der Waals surface area contributed by atoms with E-state index in [-0.39, 0.29) is 10.6 Å². The lowest BCUT2D eigenvalue weighted by atomic mass is 10.2. The predicted octanol–water partition coefficient (Wildman–Crippen LogP) is 2.08. The van der Waals surface area contributed by atoms with E-state index in [2.05, 4.69) is 10.7 Å². The fourth-order valence-electron chi connectivity index (χ4n) is 0.923. The summed E-state index contributed by atoms with van der Waals surface area (Å²) < 4.78 is 39.3. The molecule has 0 saturated heterocycles. The van der Waals surface area contributed by atoms with Crippen molar-refractivity contribution in [2.75, 3.05) is 0 Å². The van der Waals surface area contributed by atoms with E-state index in [0.29, 0.717) is 0 Å². The maximum Gasteiger partial charge on any atom is 0.573 e. The summed E-state index contributed by atoms with van der Waals surface area (Å²) in [5.41, 5.74) is 4.95. The monoisotopic (exact) mass is 263 g/mol. The first-order chi connectivity index (χ1) is 7.78. The molecule has 0 aliphatic rings. The molecule has 1 aromatic rings. The van der Waals surface area contributed by atoms with Gasteiger partial charge in [0.05, 0.1) is 5.02 Å². The first-order valence-corrected chi connectivity index (χ1v) is 4.52. The van der Waals surface area contributed by atoms with E-state index in [0.717, 1.165) is 12.1 Å². The molecule has 90 valence electrons. The van der Waals surface area contributed by atoms with E-state index in [1.165, 1.54) is 6.07 Å². The van der Waals surface area contributed by atoms with Crippen LogP contribution < -0.4 is 10.5 Å². The summed E-state index contributed by atoms with van der Waals surface area (Å²) in [6.07, 6.45) is -4.79. The molecular weight excluding hydrogens is 259 g/mol. The second kappa shape index (κ2) is 4.97. The number of carbonyl (C=O) groups is 1. The lowest BCUT2D eigenvalue weighted by Gasteiger charge is -2.09. The van der Waals surface area contributed by atoms with E-state index in [9.17, 15) is 18.0 Å². The van der Waals surface area contributed by atoms with Crippen LogP contribution in [0.3, 0.4) is 0 Å². The van der Waals surface area contributed by atoms with Crippen molar-refractivity contribution in [1.82, 2.24) is 0 Å². The van der Waals surface area contributed by atoms with Crippen molar-refractivity contribution in [1.29, 1.82) is 0 Å². The average Bonchev–Trinajstić information content (AvgIpc) is 2.13. The smallest absolute Gasteiger partial charge is 0.406 e. The van der Waals surface area contributed by atoms with Gasteiger partial charge in [-0.05, 0) is 12.1 Å². The molecule has 3 nitrogen and oxygen atoms in total. The van der Waals surface area contributed by atoms with E-state index >= 15 is 0 Å². The maximum atomic E-state index is 11.9. The van der Waals surface area contributed by atoms with Gasteiger partial charge in [-0.15, -0.1) is 13.2 Å². The van der Waals surface area contributed by atoms with E-state index in [1.54, 1.807) is 0 Å². The SMILES string of the molecule is NC(=O)C#Cc1ccc(OC(F)(F)F)cc1Cl. The minimum Gasteiger partial charge on any atom is -0.406 e. The van der Waals surface area contributed by atoms with Gasteiger partial charge >= 0.3 is 6.36 Å². The van der Waals surface area contributed by atoms with Crippen LogP contribution in [0.4, 0.5) is 13.2 Å². The van der Waals surface area contributed by atoms with Gasteiger partial charge < -0.3 is 10.5 Å². The van der Waals surface area contributed by atoms with Gasteiger partial charge in [0.25, 0.3) is 5.91 Å². The van der Waals surface area contributed by atoms with Gasteiger partial charge in [0, 0.05) is 17.6 Å². The van der Waals surface area contributed by atoms with Crippen LogP contribution in [-0.2, 0) is 4.79 Å². The van der Waals surface area contributed by atoms with Gasteiger partial charge in [-0.1, -0.05) is 17.5 Å². The molecule has 0 aliphatic heterocycles. The van der Waals surface area contributed by atoms with Crippen molar-refractivity contribution < 1.29 is 22.7 Å². The molecule has 0 atom stereocenters. The highest BCUT2D eigenvalue weighted by Crippen LogP contribution is 2.27. The Hall–Kier alpha value is -1.87. The zero-order valence-corrected chi connectivity index (χ0v) is 8.89. The quantitative estimate of drug-likeness (QED) is 0.789. The van der Waals surface area contributed by atoms with Crippen LogP contribution in [0.1, 0.15) is 5.56 Å². The number of nitrogens with two attached hydrogens (primary N) is 1. The van der Waals surface area contributed by atoms with Gasteiger partial charge in [-0.3, -0.25) is 4.79 Å². The number of ether oxygens (including phenoxy) is 1. The molecule has 0 spiro atoms. The van der Waals surface area contributed by atoms with E-state index in [4.69, 9.17) is 17.3 Å². The van der Waals surface area contributed by atoms with Crippen LogP contribution in [0.5, 0.6) is 5.75 Å². The number of rotatable bonds is 1. The Labute approximate surface area is 99.3 Å². The zero-order chi connectivity index (χ0) is 13.1. The predicted molar refractivity (Wildman–Crippen MR) is 54.2 cm³/mol. The second-order valence-corrected chi connectivity index (χ2v) is 3.21. The van der Waals surface area contributed by atoms with Crippen molar-refractivity contribution in [3.63, 3.8) is 0 Å². The number of hydrogen-bond acceptors (Lipinski definition) is 2. The highest BCUT2D eigenvalue weighted by Gasteiger charge is 2.31. The van der Waals surface area contributed by atoms with Crippen LogP contribution >= 0.6 is 11.6 Å². The van der Waals surface area contributed by atoms with Crippen LogP contribution in [0.15, 0.2) is 18.2 Å². The zero-order valence-electron chi connectivity index (χ0n) is 8.14. The number of amides is 1. The molecular formula is C10H5ClF3NO2. The fraction of sp³-hybridized carbons (Fsp3) is 0.100. The van der Waals surface area contributed by atoms with Crippen LogP contribution in [0.2, 0.25) is 5.02 Å². The minimum absolute atomic E-state index is 0.0690. The lowest BCUT2D eigenvalue weighted by molar-refractivity contribution is -0.274. The van der Waals surface area contributed by atoms with Crippen LogP contribution in [0.25, 0.3) is 0 Å². The number of alkyl halides is 3. The van der Waals surface area contributed by atoms with Gasteiger partial charge in [-0.25, -0.2) is 0 Å². The molecule has 2 N–H and O–H groups in total. The molecule has 0 bridgehead atoms. The molecule has 0 aliphatic carbocycles. The van der Waals surface area contributed by atoms with Gasteiger partial charge in [0.15, 0.2) is 0 Å². The second-order valence-electron chi connectivity index (χ2n) is 2.80. The molecule has 0 radical (unpaired) electrons. The topological polar surface area (TPSA) is 52.3 Å². The van der Waals surface area contributed by atoms with Crippen LogP contribution in [0, 0.1) is 11.8 Å². The summed E-state index contributed by atoms with van der Waals surface area (Å²) in [6.45, 7) is 0. The maximum absolute atomic E-state index is 11.9. The van der Waals surface area contributed by atoms with E-state index in [1.807, 2.05) is 5.92 Å². The van der Waals surface area contributed by atoms with Crippen molar-refractivity contribution in [3.05, 3.63) is 28.8 Å². The lowest BCUT2D eigenvalue weighted by Crippen LogP contribution is -2.17. The Bertz CT molecular complexity index is 502. The Morgan fingerprint density at radius 1 is 1.41 bits per heavy atom. The van der Waals surface area contributed by atoms with E-state index < -0.39 is 18.0 Å². The van der Waals surface area contributed by atoms with Gasteiger partial charge in [0.2, 0.25) is 0 Å². The first-order valence-electron chi connectivity index (χ1n) is 4.15. The van der Waals surface area contributed by atoms with Crippen LogP contribution in [-0.4, -0.2) is 12.3 Å². The molecule has 7 heteroatoms. The molecule has 1 rings (SSSR count). The van der Waals surface area contributed by atoms with Gasteiger partial charge in [-0.2, -0.15) is 0 Å². The summed E-state index contributed by atoms with van der Waals surface area (Å²) >= 11 is 5.64. The molecule has 0 heterocycles. The Balaban J connectivity index is 2.96. The normalized spacial score (nSPS) is 10.4. The largest absolute Gasteiger partial charge is 0.573 e. The number of carbonyl (C=O) groups excluding carboxylic acids is 1.